The number of hydrogen-bond acceptors (Lipinski definition) is 2. The molecular weight excluding hydrogens is 232 g/mol. The number of likely N-dealkylation sites (N-methyl/N-ethyl adjacent to an activating group) is 2. The predicted octanol–water partition coefficient (Wildman–Crippen LogP) is 2.02. The van der Waals surface area contributed by atoms with Gasteiger partial charge in [-0.05, 0) is 30.8 Å². The Kier molecular flexibility index (Phi) is 2.98. The maximum Gasteiger partial charge on any atom is 0.276 e. The zero-order chi connectivity index (χ0) is 12.6. The predicted molar refractivity (Wildman–Crippen MR) is 72.3 cm³/mol. The van der Waals surface area contributed by atoms with E-state index in [1.54, 1.807) is 11.9 Å². The first-order valence-electron chi connectivity index (χ1n) is 5.35. The van der Waals surface area contributed by atoms with Crippen LogP contribution in [0.5, 0.6) is 0 Å². The summed E-state index contributed by atoms with van der Waals surface area (Å²) in [6.07, 6.45) is 1.86. The van der Waals surface area contributed by atoms with Crippen molar-refractivity contribution in [3.05, 3.63) is 41.1 Å². The molecule has 1 aromatic carbocycles. The standard InChI is InChI=1S/C13H14N2OS/c1-9-4-6-10(7-5-9)8-11-12(16)15(3)13(17)14(11)2/h4-8H,1-3H3/b11-8+. The molecule has 1 amide bonds. The third-order valence-electron chi connectivity index (χ3n) is 2.84. The lowest BCUT2D eigenvalue weighted by molar-refractivity contribution is -0.121. The van der Waals surface area contributed by atoms with Crippen molar-refractivity contribution in [2.24, 2.45) is 0 Å². The summed E-state index contributed by atoms with van der Waals surface area (Å²) in [5, 5.41) is 0.536. The fraction of sp³-hybridized carbons (Fsp3) is 0.231. The van der Waals surface area contributed by atoms with Gasteiger partial charge < -0.3 is 4.90 Å². The van der Waals surface area contributed by atoms with Gasteiger partial charge in [0.05, 0.1) is 0 Å². The van der Waals surface area contributed by atoms with Crippen LogP contribution in [-0.4, -0.2) is 34.9 Å². The van der Waals surface area contributed by atoms with Crippen molar-refractivity contribution in [3.63, 3.8) is 0 Å². The monoisotopic (exact) mass is 246 g/mol. The van der Waals surface area contributed by atoms with E-state index in [1.807, 2.05) is 44.3 Å². The van der Waals surface area contributed by atoms with E-state index in [0.717, 1.165) is 5.56 Å². The number of amides is 1. The lowest BCUT2D eigenvalue weighted by Crippen LogP contribution is -2.26. The van der Waals surface area contributed by atoms with Crippen LogP contribution < -0.4 is 0 Å². The molecule has 3 nitrogen and oxygen atoms in total. The normalized spacial score (nSPS) is 18.4. The van der Waals surface area contributed by atoms with Gasteiger partial charge in [-0.3, -0.25) is 9.69 Å². The number of carbonyl (C=O) groups is 1. The van der Waals surface area contributed by atoms with Gasteiger partial charge in [0.15, 0.2) is 5.11 Å². The highest BCUT2D eigenvalue weighted by Crippen LogP contribution is 2.20. The molecule has 1 saturated heterocycles. The van der Waals surface area contributed by atoms with E-state index in [4.69, 9.17) is 12.2 Å². The second-order valence-electron chi connectivity index (χ2n) is 4.15. The molecule has 0 N–H and O–H groups in total. The fourth-order valence-corrected chi connectivity index (χ4v) is 1.89. The van der Waals surface area contributed by atoms with Gasteiger partial charge in [-0.25, -0.2) is 0 Å². The Balaban J connectivity index is 2.37. The lowest BCUT2D eigenvalue weighted by atomic mass is 10.1. The highest BCUT2D eigenvalue weighted by atomic mass is 32.1. The Bertz CT molecular complexity index is 505. The molecule has 88 valence electrons. The minimum Gasteiger partial charge on any atom is -0.317 e. The molecule has 1 fully saturated rings. The van der Waals surface area contributed by atoms with Gasteiger partial charge in [0.1, 0.15) is 5.70 Å². The number of hydrogen-bond donors (Lipinski definition) is 0. The average Bonchev–Trinajstić information content (AvgIpc) is 2.50. The molecule has 0 aliphatic carbocycles. The molecule has 0 aromatic heterocycles. The smallest absolute Gasteiger partial charge is 0.276 e. The van der Waals surface area contributed by atoms with E-state index < -0.39 is 0 Å². The maximum atomic E-state index is 11.9. The molecular formula is C13H14N2OS. The van der Waals surface area contributed by atoms with E-state index in [0.29, 0.717) is 10.8 Å². The Hall–Kier alpha value is -1.68. The molecule has 1 aliphatic rings. The topological polar surface area (TPSA) is 23.6 Å². The number of aryl methyl sites for hydroxylation is 1. The molecule has 0 bridgehead atoms. The number of thiocarbonyl (C=S) groups is 1. The molecule has 0 radical (unpaired) electrons. The Morgan fingerprint density at radius 2 is 1.71 bits per heavy atom. The first-order valence-corrected chi connectivity index (χ1v) is 5.75. The van der Waals surface area contributed by atoms with E-state index >= 15 is 0 Å². The average molecular weight is 246 g/mol. The number of benzene rings is 1. The number of nitrogens with zero attached hydrogens (tertiary/aromatic N) is 2. The van der Waals surface area contributed by atoms with Crippen molar-refractivity contribution in [1.82, 2.24) is 9.80 Å². The minimum absolute atomic E-state index is 0.0573. The van der Waals surface area contributed by atoms with Gasteiger partial charge in [-0.1, -0.05) is 29.8 Å². The molecule has 0 unspecified atom stereocenters. The largest absolute Gasteiger partial charge is 0.317 e. The summed E-state index contributed by atoms with van der Waals surface area (Å²) < 4.78 is 0. The Morgan fingerprint density at radius 1 is 1.12 bits per heavy atom. The summed E-state index contributed by atoms with van der Waals surface area (Å²) in [6.45, 7) is 2.03. The van der Waals surface area contributed by atoms with Gasteiger partial charge in [0.2, 0.25) is 0 Å². The van der Waals surface area contributed by atoms with Crippen molar-refractivity contribution in [2.45, 2.75) is 6.92 Å². The zero-order valence-corrected chi connectivity index (χ0v) is 10.9. The molecule has 1 heterocycles. The third kappa shape index (κ3) is 2.08. The number of rotatable bonds is 1. The van der Waals surface area contributed by atoms with Crippen molar-refractivity contribution in [1.29, 1.82) is 0 Å². The molecule has 4 heteroatoms. The van der Waals surface area contributed by atoms with Crippen LogP contribution in [0.3, 0.4) is 0 Å². The molecule has 0 spiro atoms. The summed E-state index contributed by atoms with van der Waals surface area (Å²) in [6, 6.07) is 8.03. The highest BCUT2D eigenvalue weighted by Gasteiger charge is 2.32. The molecule has 0 atom stereocenters. The second-order valence-corrected chi connectivity index (χ2v) is 4.51. The Labute approximate surface area is 106 Å². The maximum absolute atomic E-state index is 11.9. The van der Waals surface area contributed by atoms with Crippen molar-refractivity contribution < 1.29 is 4.79 Å². The van der Waals surface area contributed by atoms with Crippen LogP contribution in [0, 0.1) is 6.92 Å². The summed E-state index contributed by atoms with van der Waals surface area (Å²) in [4.78, 5) is 15.1. The summed E-state index contributed by atoms with van der Waals surface area (Å²) in [5.41, 5.74) is 2.82. The van der Waals surface area contributed by atoms with Crippen LogP contribution in [-0.2, 0) is 4.79 Å². The van der Waals surface area contributed by atoms with Gasteiger partial charge in [0, 0.05) is 14.1 Å². The molecule has 1 aliphatic heterocycles. The van der Waals surface area contributed by atoms with Crippen LogP contribution in [0.1, 0.15) is 11.1 Å². The first kappa shape index (κ1) is 11.8. The molecule has 1 aromatic rings. The van der Waals surface area contributed by atoms with Crippen LogP contribution in [0.4, 0.5) is 0 Å². The number of carbonyl (C=O) groups excluding carboxylic acids is 1. The van der Waals surface area contributed by atoms with Crippen LogP contribution in [0.25, 0.3) is 6.08 Å². The summed E-state index contributed by atoms with van der Waals surface area (Å²) >= 11 is 5.15. The highest BCUT2D eigenvalue weighted by molar-refractivity contribution is 7.80. The first-order chi connectivity index (χ1) is 8.00. The minimum atomic E-state index is -0.0573. The van der Waals surface area contributed by atoms with E-state index in [1.165, 1.54) is 10.5 Å². The van der Waals surface area contributed by atoms with Crippen LogP contribution in [0.2, 0.25) is 0 Å². The van der Waals surface area contributed by atoms with Gasteiger partial charge in [-0.2, -0.15) is 0 Å². The van der Waals surface area contributed by atoms with E-state index in [-0.39, 0.29) is 5.91 Å². The van der Waals surface area contributed by atoms with Crippen LogP contribution >= 0.6 is 12.2 Å². The fourth-order valence-electron chi connectivity index (χ4n) is 1.71. The Morgan fingerprint density at radius 3 is 2.18 bits per heavy atom. The van der Waals surface area contributed by atoms with Crippen molar-refractivity contribution in [2.75, 3.05) is 14.1 Å². The van der Waals surface area contributed by atoms with Crippen LogP contribution in [0.15, 0.2) is 30.0 Å². The zero-order valence-electron chi connectivity index (χ0n) is 10.1. The molecule has 17 heavy (non-hydrogen) atoms. The molecule has 2 rings (SSSR count). The van der Waals surface area contributed by atoms with Gasteiger partial charge in [0.25, 0.3) is 5.91 Å². The van der Waals surface area contributed by atoms with Crippen molar-refractivity contribution >= 4 is 29.3 Å². The van der Waals surface area contributed by atoms with Crippen molar-refractivity contribution in [3.8, 4) is 0 Å². The molecule has 0 saturated carbocycles. The summed E-state index contributed by atoms with van der Waals surface area (Å²) in [5.74, 6) is -0.0573. The van der Waals surface area contributed by atoms with Gasteiger partial charge >= 0.3 is 0 Å². The van der Waals surface area contributed by atoms with Gasteiger partial charge in [-0.15, -0.1) is 0 Å². The summed E-state index contributed by atoms with van der Waals surface area (Å²) in [7, 11) is 3.50. The lowest BCUT2D eigenvalue weighted by Gasteiger charge is -2.11. The second kappa shape index (κ2) is 4.30. The SMILES string of the molecule is Cc1ccc(/C=C2\C(=O)N(C)C(=S)N2C)cc1. The quantitative estimate of drug-likeness (QED) is 0.559. The van der Waals surface area contributed by atoms with E-state index in [9.17, 15) is 4.79 Å². The van der Waals surface area contributed by atoms with E-state index in [2.05, 4.69) is 0 Å². The third-order valence-corrected chi connectivity index (χ3v) is 3.39.